The Balaban J connectivity index is 1.62. The van der Waals surface area contributed by atoms with Gasteiger partial charge in [-0.05, 0) is 40.0 Å². The monoisotopic (exact) mass is 410 g/mol. The number of carbonyl (C=O) groups excluding carboxylic acids is 1. The Morgan fingerprint density at radius 1 is 1.34 bits per heavy atom. The summed E-state index contributed by atoms with van der Waals surface area (Å²) in [6, 6.07) is -0.506. The number of carbonyl (C=O) groups is 1. The second-order valence-corrected chi connectivity index (χ2v) is 8.20. The van der Waals surface area contributed by atoms with Crippen LogP contribution >= 0.6 is 0 Å². The number of anilines is 1. The molecule has 29 heavy (non-hydrogen) atoms. The summed E-state index contributed by atoms with van der Waals surface area (Å²) in [5.74, 6) is 0.187. The molecule has 0 aliphatic carbocycles. The maximum Gasteiger partial charge on any atom is 0.410 e. The molecule has 1 amide bonds. The van der Waals surface area contributed by atoms with Crippen molar-refractivity contribution in [3.8, 4) is 0 Å². The van der Waals surface area contributed by atoms with E-state index < -0.39 is 12.2 Å². The highest BCUT2D eigenvalue weighted by Gasteiger charge is 2.46. The van der Waals surface area contributed by atoms with Crippen molar-refractivity contribution in [3.05, 3.63) is 29.7 Å². The van der Waals surface area contributed by atoms with E-state index >= 15 is 0 Å². The average molecular weight is 410 g/mol. The van der Waals surface area contributed by atoms with Crippen LogP contribution in [0.4, 0.5) is 19.0 Å². The number of fused-ring (bicyclic) bond motifs is 1. The van der Waals surface area contributed by atoms with Crippen molar-refractivity contribution >= 4 is 11.7 Å². The average Bonchev–Trinajstić information content (AvgIpc) is 3.37. The summed E-state index contributed by atoms with van der Waals surface area (Å²) in [6.45, 7) is 6.22. The number of amides is 1. The lowest BCUT2D eigenvalue weighted by molar-refractivity contribution is -0.173. The molecule has 4 rings (SSSR count). The predicted octanol–water partition coefficient (Wildman–Crippen LogP) is 3.95. The molecule has 2 aromatic rings. The molecule has 7 nitrogen and oxygen atoms in total. The summed E-state index contributed by atoms with van der Waals surface area (Å²) in [7, 11) is 0. The molecule has 1 N–H and O–H groups in total. The maximum atomic E-state index is 13.5. The molecule has 4 heterocycles. The van der Waals surface area contributed by atoms with Crippen LogP contribution in [0.2, 0.25) is 0 Å². The van der Waals surface area contributed by atoms with Gasteiger partial charge in [0.25, 0.3) is 5.91 Å². The number of aromatic nitrogens is 4. The van der Waals surface area contributed by atoms with E-state index in [9.17, 15) is 18.0 Å². The minimum atomic E-state index is -4.37. The van der Waals surface area contributed by atoms with Crippen molar-refractivity contribution in [1.29, 1.82) is 0 Å². The van der Waals surface area contributed by atoms with E-state index in [-0.39, 0.29) is 30.5 Å². The van der Waals surface area contributed by atoms with Crippen molar-refractivity contribution in [3.63, 3.8) is 0 Å². The summed E-state index contributed by atoms with van der Waals surface area (Å²) in [5.41, 5.74) is 0.979. The van der Waals surface area contributed by atoms with Crippen LogP contribution in [0.25, 0.3) is 0 Å². The number of likely N-dealkylation sites (tertiary alicyclic amines) is 1. The summed E-state index contributed by atoms with van der Waals surface area (Å²) in [5, 5.41) is 11.6. The van der Waals surface area contributed by atoms with Crippen molar-refractivity contribution in [2.45, 2.75) is 70.4 Å². The number of halogens is 3. The molecule has 0 bridgehead atoms. The number of hydrogen-bond donors (Lipinski definition) is 1. The van der Waals surface area contributed by atoms with Crippen LogP contribution in [0, 0.1) is 0 Å². The van der Waals surface area contributed by atoms with Gasteiger partial charge in [-0.25, -0.2) is 4.68 Å². The molecule has 0 spiro atoms. The lowest BCUT2D eigenvalue weighted by Crippen LogP contribution is -2.38. The third kappa shape index (κ3) is 3.60. The molecule has 1 saturated heterocycles. The Morgan fingerprint density at radius 2 is 2.10 bits per heavy atom. The van der Waals surface area contributed by atoms with Gasteiger partial charge >= 0.3 is 6.18 Å². The van der Waals surface area contributed by atoms with Gasteiger partial charge in [0.2, 0.25) is 0 Å². The molecule has 0 aromatic carbocycles. The fourth-order valence-electron chi connectivity index (χ4n) is 4.15. The van der Waals surface area contributed by atoms with Gasteiger partial charge in [0.15, 0.2) is 6.04 Å². The van der Waals surface area contributed by atoms with Crippen LogP contribution < -0.4 is 5.32 Å². The number of nitrogens with one attached hydrogen (secondary N) is 1. The van der Waals surface area contributed by atoms with Crippen LogP contribution in [0.3, 0.4) is 0 Å². The molecule has 1 unspecified atom stereocenters. The highest BCUT2D eigenvalue weighted by atomic mass is 19.4. The van der Waals surface area contributed by atoms with E-state index in [0.29, 0.717) is 30.0 Å². The van der Waals surface area contributed by atoms with E-state index in [4.69, 9.17) is 0 Å². The number of hydrogen-bond acceptors (Lipinski definition) is 4. The van der Waals surface area contributed by atoms with Gasteiger partial charge in [-0.2, -0.15) is 23.4 Å². The Hall–Kier alpha value is -2.52. The SMILES string of the molecule is CC(C)n1cc(C(=O)N2CCCC2c2cc3n(n2)[C@@H](C(F)(F)F)C[C@@H](C)N3)cn1. The van der Waals surface area contributed by atoms with E-state index in [1.165, 1.54) is 0 Å². The molecular weight excluding hydrogens is 385 g/mol. The first kappa shape index (κ1) is 19.8. The van der Waals surface area contributed by atoms with Gasteiger partial charge in [-0.3, -0.25) is 9.48 Å². The van der Waals surface area contributed by atoms with E-state index in [1.54, 1.807) is 35.0 Å². The van der Waals surface area contributed by atoms with Gasteiger partial charge in [-0.1, -0.05) is 0 Å². The van der Waals surface area contributed by atoms with Gasteiger partial charge in [-0.15, -0.1) is 0 Å². The summed E-state index contributed by atoms with van der Waals surface area (Å²) in [4.78, 5) is 14.7. The zero-order valence-corrected chi connectivity index (χ0v) is 16.6. The minimum Gasteiger partial charge on any atom is -0.368 e. The molecule has 1 fully saturated rings. The number of alkyl halides is 3. The maximum absolute atomic E-state index is 13.5. The molecule has 2 aliphatic rings. The Bertz CT molecular complexity index is 902. The van der Waals surface area contributed by atoms with Crippen LogP contribution in [-0.4, -0.2) is 49.1 Å². The highest BCUT2D eigenvalue weighted by molar-refractivity contribution is 5.94. The molecule has 10 heteroatoms. The standard InChI is InChI=1S/C19H25F3N6O/c1-11(2)27-10-13(9-23-27)18(29)26-6-4-5-15(26)14-8-17-24-12(3)7-16(19(20,21)22)28(17)25-14/h8-12,15-16,24H,4-7H2,1-3H3/t12-,15?,16-/m1/s1. The van der Waals surface area contributed by atoms with E-state index in [0.717, 1.165) is 11.1 Å². The van der Waals surface area contributed by atoms with Crippen molar-refractivity contribution in [2.24, 2.45) is 0 Å². The third-order valence-electron chi connectivity index (χ3n) is 5.63. The van der Waals surface area contributed by atoms with Gasteiger partial charge in [0.1, 0.15) is 5.82 Å². The summed E-state index contributed by atoms with van der Waals surface area (Å²) in [6.07, 6.45) is 0.267. The lowest BCUT2D eigenvalue weighted by Gasteiger charge is -2.31. The first-order valence-corrected chi connectivity index (χ1v) is 9.93. The first-order valence-electron chi connectivity index (χ1n) is 9.93. The van der Waals surface area contributed by atoms with Crippen LogP contribution in [0.1, 0.15) is 74.2 Å². The van der Waals surface area contributed by atoms with Gasteiger partial charge in [0, 0.05) is 30.9 Å². The van der Waals surface area contributed by atoms with Crippen LogP contribution in [0.15, 0.2) is 18.5 Å². The molecular formula is C19H25F3N6O. The molecule has 3 atom stereocenters. The second kappa shape index (κ2) is 7.07. The number of rotatable bonds is 3. The number of nitrogens with zero attached hydrogens (tertiary/aromatic N) is 5. The van der Waals surface area contributed by atoms with Crippen molar-refractivity contribution in [2.75, 3.05) is 11.9 Å². The van der Waals surface area contributed by atoms with E-state index in [2.05, 4.69) is 15.5 Å². The Labute approximate surface area is 166 Å². The molecule has 0 radical (unpaired) electrons. The Kier molecular flexibility index (Phi) is 4.82. The Morgan fingerprint density at radius 3 is 2.76 bits per heavy atom. The zero-order chi connectivity index (χ0) is 20.9. The van der Waals surface area contributed by atoms with Crippen LogP contribution in [0.5, 0.6) is 0 Å². The van der Waals surface area contributed by atoms with E-state index in [1.807, 2.05) is 13.8 Å². The summed E-state index contributed by atoms with van der Waals surface area (Å²) < 4.78 is 43.3. The van der Waals surface area contributed by atoms with Gasteiger partial charge in [0.05, 0.1) is 23.5 Å². The smallest absolute Gasteiger partial charge is 0.368 e. The fraction of sp³-hybridized carbons (Fsp3) is 0.632. The zero-order valence-electron chi connectivity index (χ0n) is 16.6. The molecule has 2 aromatic heterocycles. The van der Waals surface area contributed by atoms with Crippen LogP contribution in [-0.2, 0) is 0 Å². The summed E-state index contributed by atoms with van der Waals surface area (Å²) >= 11 is 0. The molecule has 158 valence electrons. The minimum absolute atomic E-state index is 0.0701. The first-order chi connectivity index (χ1) is 13.6. The second-order valence-electron chi connectivity index (χ2n) is 8.20. The molecule has 2 aliphatic heterocycles. The predicted molar refractivity (Wildman–Crippen MR) is 101 cm³/mol. The third-order valence-corrected chi connectivity index (χ3v) is 5.63. The largest absolute Gasteiger partial charge is 0.410 e. The fourth-order valence-corrected chi connectivity index (χ4v) is 4.15. The lowest BCUT2D eigenvalue weighted by atomic mass is 10.1. The van der Waals surface area contributed by atoms with Crippen molar-refractivity contribution in [1.82, 2.24) is 24.5 Å². The normalized spacial score (nSPS) is 24.7. The van der Waals surface area contributed by atoms with Crippen molar-refractivity contribution < 1.29 is 18.0 Å². The van der Waals surface area contributed by atoms with Gasteiger partial charge < -0.3 is 10.2 Å². The quantitative estimate of drug-likeness (QED) is 0.832. The topological polar surface area (TPSA) is 68.0 Å². The molecule has 0 saturated carbocycles. The highest BCUT2D eigenvalue weighted by Crippen LogP contribution is 2.41.